The van der Waals surface area contributed by atoms with Crippen LogP contribution in [0.25, 0.3) is 0 Å². The van der Waals surface area contributed by atoms with E-state index in [-0.39, 0.29) is 11.1 Å². The lowest BCUT2D eigenvalue weighted by Crippen LogP contribution is -2.06. The number of nitrogen functional groups attached to an aromatic ring is 1. The molecule has 0 amide bonds. The molecule has 0 saturated carbocycles. The Morgan fingerprint density at radius 1 is 1.20 bits per heavy atom. The molecule has 5 heteroatoms. The van der Waals surface area contributed by atoms with E-state index in [1.165, 1.54) is 12.1 Å². The average Bonchev–Trinajstić information content (AvgIpc) is 2.40. The van der Waals surface area contributed by atoms with Gasteiger partial charge in [0.05, 0.1) is 17.9 Å². The number of ketones is 1. The van der Waals surface area contributed by atoms with Gasteiger partial charge in [0.1, 0.15) is 17.4 Å². The number of anilines is 1. The summed E-state index contributed by atoms with van der Waals surface area (Å²) in [4.78, 5) is 12.1. The first-order valence-corrected chi connectivity index (χ1v) is 6.05. The highest BCUT2D eigenvalue weighted by atomic mass is 19.1. The van der Waals surface area contributed by atoms with Crippen LogP contribution in [-0.4, -0.2) is 12.4 Å². The number of hydrogen-bond acceptors (Lipinski definition) is 3. The summed E-state index contributed by atoms with van der Waals surface area (Å²) in [6.45, 7) is 2.26. The molecule has 104 valence electrons. The van der Waals surface area contributed by atoms with Gasteiger partial charge in [-0.05, 0) is 37.3 Å². The maximum Gasteiger partial charge on any atom is 0.196 e. The van der Waals surface area contributed by atoms with Gasteiger partial charge in [-0.15, -0.1) is 0 Å². The summed E-state index contributed by atoms with van der Waals surface area (Å²) >= 11 is 0. The molecule has 2 rings (SSSR count). The summed E-state index contributed by atoms with van der Waals surface area (Å²) in [6.07, 6.45) is 0. The molecule has 0 spiro atoms. The van der Waals surface area contributed by atoms with Crippen LogP contribution in [0.5, 0.6) is 5.75 Å². The second kappa shape index (κ2) is 5.69. The molecule has 2 aromatic rings. The predicted molar refractivity (Wildman–Crippen MR) is 71.8 cm³/mol. The first-order chi connectivity index (χ1) is 9.52. The number of carbonyl (C=O) groups is 1. The van der Waals surface area contributed by atoms with Crippen molar-refractivity contribution in [2.24, 2.45) is 0 Å². The lowest BCUT2D eigenvalue weighted by molar-refractivity contribution is 0.103. The van der Waals surface area contributed by atoms with E-state index in [0.29, 0.717) is 24.1 Å². The Morgan fingerprint density at radius 3 is 2.55 bits per heavy atom. The smallest absolute Gasteiger partial charge is 0.196 e. The largest absolute Gasteiger partial charge is 0.492 e. The molecule has 0 atom stereocenters. The quantitative estimate of drug-likeness (QED) is 0.689. The zero-order valence-electron chi connectivity index (χ0n) is 10.8. The Bertz CT molecular complexity index is 656. The highest BCUT2D eigenvalue weighted by Gasteiger charge is 2.15. The number of ether oxygens (including phenoxy) is 1. The Kier molecular flexibility index (Phi) is 3.98. The predicted octanol–water partition coefficient (Wildman–Crippen LogP) is 3.18. The minimum absolute atomic E-state index is 0.199. The third kappa shape index (κ3) is 2.77. The third-order valence-electron chi connectivity index (χ3n) is 2.75. The maximum atomic E-state index is 13.6. The van der Waals surface area contributed by atoms with Crippen LogP contribution >= 0.6 is 0 Å². The lowest BCUT2D eigenvalue weighted by atomic mass is 10.0. The van der Waals surface area contributed by atoms with Gasteiger partial charge in [0.2, 0.25) is 0 Å². The minimum Gasteiger partial charge on any atom is -0.492 e. The van der Waals surface area contributed by atoms with Crippen molar-refractivity contribution < 1.29 is 18.3 Å². The fraction of sp³-hybridized carbons (Fsp3) is 0.133. The highest BCUT2D eigenvalue weighted by molar-refractivity contribution is 6.09. The van der Waals surface area contributed by atoms with E-state index in [4.69, 9.17) is 10.5 Å². The summed E-state index contributed by atoms with van der Waals surface area (Å²) in [5.74, 6) is -1.73. The molecule has 0 aromatic heterocycles. The van der Waals surface area contributed by atoms with E-state index >= 15 is 0 Å². The van der Waals surface area contributed by atoms with Crippen LogP contribution < -0.4 is 10.5 Å². The summed E-state index contributed by atoms with van der Waals surface area (Å²) in [5, 5.41) is 0. The Morgan fingerprint density at radius 2 is 1.95 bits per heavy atom. The molecule has 0 fully saturated rings. The van der Waals surface area contributed by atoms with Crippen molar-refractivity contribution in [2.75, 3.05) is 12.3 Å². The Labute approximate surface area is 115 Å². The van der Waals surface area contributed by atoms with Crippen molar-refractivity contribution in [2.45, 2.75) is 6.92 Å². The number of halogens is 2. The topological polar surface area (TPSA) is 52.3 Å². The molecule has 0 bridgehead atoms. The van der Waals surface area contributed by atoms with E-state index in [1.807, 2.05) is 6.92 Å². The molecular formula is C15H13F2NO2. The van der Waals surface area contributed by atoms with Gasteiger partial charge in [-0.3, -0.25) is 4.79 Å². The monoisotopic (exact) mass is 277 g/mol. The fourth-order valence-electron chi connectivity index (χ4n) is 1.81. The van der Waals surface area contributed by atoms with Crippen molar-refractivity contribution in [3.8, 4) is 5.75 Å². The van der Waals surface area contributed by atoms with Crippen LogP contribution in [0.4, 0.5) is 14.5 Å². The summed E-state index contributed by atoms with van der Waals surface area (Å²) in [7, 11) is 0. The number of rotatable bonds is 4. The average molecular weight is 277 g/mol. The van der Waals surface area contributed by atoms with Gasteiger partial charge in [-0.1, -0.05) is 0 Å². The van der Waals surface area contributed by atoms with Crippen molar-refractivity contribution in [3.05, 3.63) is 59.2 Å². The van der Waals surface area contributed by atoms with Gasteiger partial charge in [0, 0.05) is 11.6 Å². The fourth-order valence-corrected chi connectivity index (χ4v) is 1.81. The van der Waals surface area contributed by atoms with Gasteiger partial charge in [-0.25, -0.2) is 8.78 Å². The molecule has 0 aliphatic heterocycles. The van der Waals surface area contributed by atoms with Crippen molar-refractivity contribution in [1.29, 1.82) is 0 Å². The summed E-state index contributed by atoms with van der Waals surface area (Å²) < 4.78 is 31.7. The number of carbonyl (C=O) groups excluding carboxylic acids is 1. The molecule has 3 nitrogen and oxygen atoms in total. The molecule has 2 N–H and O–H groups in total. The van der Waals surface area contributed by atoms with Gasteiger partial charge in [-0.2, -0.15) is 0 Å². The molecule has 2 aromatic carbocycles. The van der Waals surface area contributed by atoms with E-state index < -0.39 is 17.4 Å². The summed E-state index contributed by atoms with van der Waals surface area (Å²) in [5.41, 5.74) is 6.07. The van der Waals surface area contributed by atoms with Crippen molar-refractivity contribution in [3.63, 3.8) is 0 Å². The molecule has 0 unspecified atom stereocenters. The van der Waals surface area contributed by atoms with Crippen LogP contribution in [-0.2, 0) is 0 Å². The van der Waals surface area contributed by atoms with Crippen LogP contribution in [0.3, 0.4) is 0 Å². The molecular weight excluding hydrogens is 264 g/mol. The second-order valence-electron chi connectivity index (χ2n) is 4.14. The van der Waals surface area contributed by atoms with Gasteiger partial charge in [0.25, 0.3) is 0 Å². The van der Waals surface area contributed by atoms with Crippen LogP contribution in [0.15, 0.2) is 36.4 Å². The first-order valence-electron chi connectivity index (χ1n) is 6.05. The van der Waals surface area contributed by atoms with Crippen LogP contribution in [0, 0.1) is 11.6 Å². The zero-order valence-corrected chi connectivity index (χ0v) is 10.8. The van der Waals surface area contributed by atoms with E-state index in [9.17, 15) is 13.6 Å². The van der Waals surface area contributed by atoms with Crippen molar-refractivity contribution >= 4 is 11.5 Å². The van der Waals surface area contributed by atoms with Crippen LogP contribution in [0.1, 0.15) is 22.8 Å². The molecule has 0 saturated heterocycles. The molecule has 0 aliphatic carbocycles. The SMILES string of the molecule is CCOc1ccc(C(=O)c2ccc(F)cc2F)cc1N. The number of benzene rings is 2. The zero-order chi connectivity index (χ0) is 14.7. The summed E-state index contributed by atoms with van der Waals surface area (Å²) in [6, 6.07) is 7.27. The molecule has 0 aliphatic rings. The van der Waals surface area contributed by atoms with Crippen LogP contribution in [0.2, 0.25) is 0 Å². The maximum absolute atomic E-state index is 13.6. The normalized spacial score (nSPS) is 10.3. The highest BCUT2D eigenvalue weighted by Crippen LogP contribution is 2.24. The van der Waals surface area contributed by atoms with E-state index in [2.05, 4.69) is 0 Å². The second-order valence-corrected chi connectivity index (χ2v) is 4.14. The first kappa shape index (κ1) is 14.0. The van der Waals surface area contributed by atoms with E-state index in [0.717, 1.165) is 12.1 Å². The lowest BCUT2D eigenvalue weighted by Gasteiger charge is -2.08. The van der Waals surface area contributed by atoms with Gasteiger partial charge >= 0.3 is 0 Å². The van der Waals surface area contributed by atoms with Gasteiger partial charge in [0.15, 0.2) is 5.78 Å². The van der Waals surface area contributed by atoms with Gasteiger partial charge < -0.3 is 10.5 Å². The molecule has 20 heavy (non-hydrogen) atoms. The standard InChI is InChI=1S/C15H13F2NO2/c1-2-20-14-6-3-9(7-13(14)18)15(19)11-5-4-10(16)8-12(11)17/h3-8H,2,18H2,1H3. The number of nitrogens with two attached hydrogens (primary N) is 1. The minimum atomic E-state index is -0.901. The van der Waals surface area contributed by atoms with E-state index in [1.54, 1.807) is 6.07 Å². The molecule has 0 radical (unpaired) electrons. The molecule has 0 heterocycles. The Hall–Kier alpha value is -2.43. The third-order valence-corrected chi connectivity index (χ3v) is 2.75. The Balaban J connectivity index is 2.36. The number of hydrogen-bond donors (Lipinski definition) is 1. The van der Waals surface area contributed by atoms with Crippen molar-refractivity contribution in [1.82, 2.24) is 0 Å².